The minimum Gasteiger partial charge on any atom is -0.454 e. The van der Waals surface area contributed by atoms with Crippen LogP contribution in [0.25, 0.3) is 0 Å². The van der Waals surface area contributed by atoms with E-state index >= 15 is 0 Å². The fourth-order valence-electron chi connectivity index (χ4n) is 3.72. The molecule has 0 atom stereocenters. The van der Waals surface area contributed by atoms with Crippen molar-refractivity contribution in [3.63, 3.8) is 0 Å². The summed E-state index contributed by atoms with van der Waals surface area (Å²) in [7, 11) is 1.68. The maximum absolute atomic E-state index is 5.65. The highest BCUT2D eigenvalue weighted by Crippen LogP contribution is 2.41. The first kappa shape index (κ1) is 26.0. The predicted molar refractivity (Wildman–Crippen MR) is 131 cm³/mol. The normalized spacial score (nSPS) is 17.2. The van der Waals surface area contributed by atoms with Gasteiger partial charge < -0.3 is 34.3 Å². The van der Waals surface area contributed by atoms with Crippen LogP contribution in [0.4, 0.5) is 0 Å². The van der Waals surface area contributed by atoms with Gasteiger partial charge in [-0.3, -0.25) is 4.99 Å². The number of guanidine groups is 1. The molecular formula is C22H36IN3O5. The molecule has 9 heteroatoms. The molecule has 0 saturated carbocycles. The Bertz CT molecular complexity index is 683. The van der Waals surface area contributed by atoms with Crippen molar-refractivity contribution in [1.29, 1.82) is 0 Å². The Morgan fingerprint density at radius 1 is 1.10 bits per heavy atom. The van der Waals surface area contributed by atoms with Gasteiger partial charge in [0.05, 0.1) is 19.8 Å². The first-order valence-electron chi connectivity index (χ1n) is 10.8. The maximum atomic E-state index is 5.65. The van der Waals surface area contributed by atoms with E-state index in [1.54, 1.807) is 7.11 Å². The van der Waals surface area contributed by atoms with Gasteiger partial charge in [0.2, 0.25) is 6.79 Å². The molecule has 31 heavy (non-hydrogen) atoms. The number of hydrogen-bond acceptors (Lipinski definition) is 6. The van der Waals surface area contributed by atoms with Crippen molar-refractivity contribution >= 4 is 29.9 Å². The van der Waals surface area contributed by atoms with E-state index in [1.807, 2.05) is 6.07 Å². The summed E-state index contributed by atoms with van der Waals surface area (Å²) in [6.45, 7) is 8.12. The van der Waals surface area contributed by atoms with Crippen molar-refractivity contribution in [2.24, 2.45) is 4.99 Å². The van der Waals surface area contributed by atoms with Gasteiger partial charge in [0.25, 0.3) is 0 Å². The Labute approximate surface area is 202 Å². The Hall–Kier alpha value is -1.30. The molecule has 1 aromatic carbocycles. The number of aliphatic imine (C=N–C) groups is 1. The lowest BCUT2D eigenvalue weighted by Crippen LogP contribution is -2.41. The number of benzene rings is 1. The smallest absolute Gasteiger partial charge is 0.231 e. The molecule has 176 valence electrons. The minimum absolute atomic E-state index is 0. The van der Waals surface area contributed by atoms with Crippen molar-refractivity contribution in [2.75, 3.05) is 66.6 Å². The van der Waals surface area contributed by atoms with Gasteiger partial charge in [0.1, 0.15) is 0 Å². The zero-order valence-corrected chi connectivity index (χ0v) is 20.9. The molecule has 0 bridgehead atoms. The lowest BCUT2D eigenvalue weighted by atomic mass is 9.74. The van der Waals surface area contributed by atoms with Crippen LogP contribution in [0.15, 0.2) is 23.2 Å². The summed E-state index contributed by atoms with van der Waals surface area (Å²) in [6, 6.07) is 6.26. The average Bonchev–Trinajstić information content (AvgIpc) is 3.25. The van der Waals surface area contributed by atoms with Gasteiger partial charge in [-0.15, -0.1) is 24.0 Å². The van der Waals surface area contributed by atoms with Crippen LogP contribution in [0.5, 0.6) is 11.5 Å². The number of ether oxygens (including phenoxy) is 5. The van der Waals surface area contributed by atoms with Gasteiger partial charge in [-0.25, -0.2) is 0 Å². The summed E-state index contributed by atoms with van der Waals surface area (Å²) in [5, 5.41) is 6.76. The van der Waals surface area contributed by atoms with Gasteiger partial charge in [0.15, 0.2) is 17.5 Å². The molecule has 0 spiro atoms. The number of nitrogens with one attached hydrogen (secondary N) is 2. The summed E-state index contributed by atoms with van der Waals surface area (Å²) in [5.74, 6) is 2.47. The second kappa shape index (κ2) is 14.0. The van der Waals surface area contributed by atoms with E-state index < -0.39 is 0 Å². The molecule has 0 unspecified atom stereocenters. The summed E-state index contributed by atoms with van der Waals surface area (Å²) >= 11 is 0. The summed E-state index contributed by atoms with van der Waals surface area (Å²) < 4.78 is 27.2. The van der Waals surface area contributed by atoms with Crippen LogP contribution in [0.1, 0.15) is 31.7 Å². The molecule has 2 N–H and O–H groups in total. The number of hydrogen-bond donors (Lipinski definition) is 2. The molecule has 3 rings (SSSR count). The standard InChI is InChI=1S/C22H35N3O5.HI/c1-3-23-21(24-9-4-10-27-14-13-26-2)25-16-22(7-11-28-12-8-22)18-5-6-19-20(15-18)30-17-29-19;/h5-6,15H,3-4,7-14,16-17H2,1-2H3,(H2,23,24,25);1H. The zero-order valence-electron chi connectivity index (χ0n) is 18.6. The van der Waals surface area contributed by atoms with Gasteiger partial charge in [-0.2, -0.15) is 0 Å². The Morgan fingerprint density at radius 3 is 2.68 bits per heavy atom. The second-order valence-electron chi connectivity index (χ2n) is 7.54. The molecular weight excluding hydrogens is 513 g/mol. The van der Waals surface area contributed by atoms with Crippen molar-refractivity contribution < 1.29 is 23.7 Å². The number of halogens is 1. The molecule has 8 nitrogen and oxygen atoms in total. The zero-order chi connectivity index (χ0) is 21.1. The SMILES string of the molecule is CCNC(=NCC1(c2ccc3c(c2)OCO3)CCOCC1)NCCCOCCOC.I. The third-order valence-corrected chi connectivity index (χ3v) is 5.51. The Kier molecular flexibility index (Phi) is 11.7. The molecule has 1 saturated heterocycles. The quantitative estimate of drug-likeness (QED) is 0.190. The average molecular weight is 549 g/mol. The summed E-state index contributed by atoms with van der Waals surface area (Å²) in [6.07, 6.45) is 2.78. The van der Waals surface area contributed by atoms with E-state index in [4.69, 9.17) is 28.7 Å². The molecule has 2 aliphatic rings. The van der Waals surface area contributed by atoms with Gasteiger partial charge in [-0.05, 0) is 43.9 Å². The van der Waals surface area contributed by atoms with E-state index in [1.165, 1.54) is 5.56 Å². The van der Waals surface area contributed by atoms with E-state index in [2.05, 4.69) is 29.7 Å². The first-order valence-corrected chi connectivity index (χ1v) is 10.8. The third-order valence-electron chi connectivity index (χ3n) is 5.51. The molecule has 0 aromatic heterocycles. The molecule has 0 radical (unpaired) electrons. The third kappa shape index (κ3) is 7.65. The highest BCUT2D eigenvalue weighted by atomic mass is 127. The van der Waals surface area contributed by atoms with Gasteiger partial charge >= 0.3 is 0 Å². The fourth-order valence-corrected chi connectivity index (χ4v) is 3.72. The van der Waals surface area contributed by atoms with Crippen LogP contribution in [0.3, 0.4) is 0 Å². The van der Waals surface area contributed by atoms with Gasteiger partial charge in [0, 0.05) is 45.4 Å². The predicted octanol–water partition coefficient (Wildman–Crippen LogP) is 2.69. The lowest BCUT2D eigenvalue weighted by molar-refractivity contribution is 0.0530. The van der Waals surface area contributed by atoms with E-state index in [9.17, 15) is 0 Å². The molecule has 1 aromatic rings. The van der Waals surface area contributed by atoms with Crippen molar-refractivity contribution in [3.05, 3.63) is 23.8 Å². The van der Waals surface area contributed by atoms with Crippen molar-refractivity contribution in [2.45, 2.75) is 31.6 Å². The van der Waals surface area contributed by atoms with Crippen LogP contribution in [-0.4, -0.2) is 72.5 Å². The molecule has 2 aliphatic heterocycles. The van der Waals surface area contributed by atoms with E-state index in [0.717, 1.165) is 63.0 Å². The largest absolute Gasteiger partial charge is 0.454 e. The Morgan fingerprint density at radius 2 is 1.90 bits per heavy atom. The number of fused-ring (bicyclic) bond motifs is 1. The van der Waals surface area contributed by atoms with Crippen LogP contribution in [0.2, 0.25) is 0 Å². The van der Waals surface area contributed by atoms with Crippen LogP contribution < -0.4 is 20.1 Å². The molecule has 0 aliphatic carbocycles. The highest BCUT2D eigenvalue weighted by Gasteiger charge is 2.35. The second-order valence-corrected chi connectivity index (χ2v) is 7.54. The number of methoxy groups -OCH3 is 1. The van der Waals surface area contributed by atoms with Crippen molar-refractivity contribution in [1.82, 2.24) is 10.6 Å². The fraction of sp³-hybridized carbons (Fsp3) is 0.682. The van der Waals surface area contributed by atoms with Crippen LogP contribution >= 0.6 is 24.0 Å². The molecule has 2 heterocycles. The summed E-state index contributed by atoms with van der Waals surface area (Å²) in [4.78, 5) is 4.93. The van der Waals surface area contributed by atoms with Gasteiger partial charge in [-0.1, -0.05) is 6.07 Å². The van der Waals surface area contributed by atoms with Crippen molar-refractivity contribution in [3.8, 4) is 11.5 Å². The molecule has 1 fully saturated rings. The summed E-state index contributed by atoms with van der Waals surface area (Å²) in [5.41, 5.74) is 1.17. The number of rotatable bonds is 11. The topological polar surface area (TPSA) is 82.6 Å². The Balaban J connectivity index is 0.00000341. The van der Waals surface area contributed by atoms with Crippen LogP contribution in [0, 0.1) is 0 Å². The number of nitrogens with zero attached hydrogens (tertiary/aromatic N) is 1. The first-order chi connectivity index (χ1) is 14.8. The van der Waals surface area contributed by atoms with E-state index in [0.29, 0.717) is 26.4 Å². The molecule has 0 amide bonds. The maximum Gasteiger partial charge on any atom is 0.231 e. The highest BCUT2D eigenvalue weighted by molar-refractivity contribution is 14.0. The lowest BCUT2D eigenvalue weighted by Gasteiger charge is -2.36. The minimum atomic E-state index is -0.0646. The van der Waals surface area contributed by atoms with Crippen LogP contribution in [-0.2, 0) is 19.6 Å². The van der Waals surface area contributed by atoms with E-state index in [-0.39, 0.29) is 36.2 Å². The monoisotopic (exact) mass is 549 g/mol.